The van der Waals surface area contributed by atoms with E-state index in [9.17, 15) is 0 Å². The van der Waals surface area contributed by atoms with Crippen molar-refractivity contribution in [2.24, 2.45) is 17.3 Å². The molecule has 1 saturated heterocycles. The molecule has 1 aliphatic heterocycles. The Morgan fingerprint density at radius 2 is 1.77 bits per heavy atom. The second-order valence-corrected chi connectivity index (χ2v) is 5.27. The highest BCUT2D eigenvalue weighted by Crippen LogP contribution is 2.48. The molecule has 2 fully saturated rings. The van der Waals surface area contributed by atoms with Gasteiger partial charge in [0.15, 0.2) is 0 Å². The Morgan fingerprint density at radius 3 is 2.38 bits per heavy atom. The van der Waals surface area contributed by atoms with Gasteiger partial charge >= 0.3 is 0 Å². The maximum atomic E-state index is 5.54. The molecule has 13 heavy (non-hydrogen) atoms. The monoisotopic (exact) mass is 182 g/mol. The molecule has 76 valence electrons. The van der Waals surface area contributed by atoms with E-state index >= 15 is 0 Å². The lowest BCUT2D eigenvalue weighted by Gasteiger charge is -2.46. The van der Waals surface area contributed by atoms with Gasteiger partial charge in [0, 0.05) is 13.2 Å². The summed E-state index contributed by atoms with van der Waals surface area (Å²) in [7, 11) is 0. The van der Waals surface area contributed by atoms with Crippen molar-refractivity contribution in [3.05, 3.63) is 0 Å². The molecule has 1 saturated carbocycles. The van der Waals surface area contributed by atoms with E-state index in [1.807, 2.05) is 0 Å². The standard InChI is InChI=1S/C12H22O/c1-10-3-5-12(6-4-10)7-8-13-9-11(12)2/h10-11H,3-9H2,1-2H3/t10?,11-,12?/m0/s1. The van der Waals surface area contributed by atoms with Crippen LogP contribution in [0.1, 0.15) is 46.0 Å². The van der Waals surface area contributed by atoms with Crippen LogP contribution >= 0.6 is 0 Å². The molecule has 1 spiro atoms. The third-order valence-corrected chi connectivity index (χ3v) is 4.43. The lowest BCUT2D eigenvalue weighted by molar-refractivity contribution is -0.0584. The van der Waals surface area contributed by atoms with Crippen LogP contribution in [-0.2, 0) is 4.74 Å². The molecule has 1 aliphatic carbocycles. The van der Waals surface area contributed by atoms with Crippen molar-refractivity contribution in [2.45, 2.75) is 46.0 Å². The van der Waals surface area contributed by atoms with Gasteiger partial charge in [-0.05, 0) is 36.5 Å². The Bertz CT molecular complexity index is 168. The van der Waals surface area contributed by atoms with Gasteiger partial charge in [0.05, 0.1) is 0 Å². The molecule has 0 aromatic carbocycles. The van der Waals surface area contributed by atoms with Gasteiger partial charge in [-0.25, -0.2) is 0 Å². The van der Waals surface area contributed by atoms with E-state index in [0.717, 1.165) is 25.0 Å². The largest absolute Gasteiger partial charge is 0.381 e. The van der Waals surface area contributed by atoms with Gasteiger partial charge < -0.3 is 4.74 Å². The van der Waals surface area contributed by atoms with Crippen LogP contribution in [0.25, 0.3) is 0 Å². The van der Waals surface area contributed by atoms with Crippen LogP contribution in [0.3, 0.4) is 0 Å². The van der Waals surface area contributed by atoms with Gasteiger partial charge in [0.25, 0.3) is 0 Å². The predicted octanol–water partition coefficient (Wildman–Crippen LogP) is 3.24. The molecule has 0 N–H and O–H groups in total. The van der Waals surface area contributed by atoms with Gasteiger partial charge in [-0.2, -0.15) is 0 Å². The molecule has 2 aliphatic rings. The SMILES string of the molecule is CC1CCC2(CCOC[C@@H]2C)CC1. The molecule has 0 amide bonds. The Balaban J connectivity index is 2.01. The van der Waals surface area contributed by atoms with Crippen molar-refractivity contribution in [1.29, 1.82) is 0 Å². The Labute approximate surface area is 81.9 Å². The lowest BCUT2D eigenvalue weighted by Crippen LogP contribution is -2.40. The second-order valence-electron chi connectivity index (χ2n) is 5.27. The van der Waals surface area contributed by atoms with Crippen LogP contribution < -0.4 is 0 Å². The van der Waals surface area contributed by atoms with Crippen molar-refractivity contribution in [3.63, 3.8) is 0 Å². The number of hydrogen-bond acceptors (Lipinski definition) is 1. The minimum atomic E-state index is 0.671. The van der Waals surface area contributed by atoms with E-state index in [-0.39, 0.29) is 0 Å². The van der Waals surface area contributed by atoms with Crippen LogP contribution in [-0.4, -0.2) is 13.2 Å². The minimum Gasteiger partial charge on any atom is -0.381 e. The highest BCUT2D eigenvalue weighted by atomic mass is 16.5. The first-order chi connectivity index (χ1) is 6.23. The average Bonchev–Trinajstić information content (AvgIpc) is 2.15. The molecule has 1 heterocycles. The topological polar surface area (TPSA) is 9.23 Å². The molecular formula is C12H22O. The molecular weight excluding hydrogens is 160 g/mol. The molecule has 1 heteroatoms. The van der Waals surface area contributed by atoms with Crippen molar-refractivity contribution < 1.29 is 4.74 Å². The molecule has 0 bridgehead atoms. The summed E-state index contributed by atoms with van der Waals surface area (Å²) >= 11 is 0. The maximum Gasteiger partial charge on any atom is 0.0496 e. The molecule has 0 unspecified atom stereocenters. The number of hydrogen-bond donors (Lipinski definition) is 0. The first kappa shape index (κ1) is 9.51. The molecule has 1 atom stereocenters. The molecule has 0 aromatic rings. The molecule has 1 nitrogen and oxygen atoms in total. The Morgan fingerprint density at radius 1 is 1.08 bits per heavy atom. The van der Waals surface area contributed by atoms with Crippen LogP contribution in [0.2, 0.25) is 0 Å². The van der Waals surface area contributed by atoms with Crippen molar-refractivity contribution in [1.82, 2.24) is 0 Å². The minimum absolute atomic E-state index is 0.671. The second kappa shape index (κ2) is 3.61. The fourth-order valence-corrected chi connectivity index (χ4v) is 3.04. The van der Waals surface area contributed by atoms with E-state index < -0.39 is 0 Å². The van der Waals surface area contributed by atoms with Gasteiger partial charge in [-0.15, -0.1) is 0 Å². The van der Waals surface area contributed by atoms with Crippen molar-refractivity contribution in [3.8, 4) is 0 Å². The average molecular weight is 182 g/mol. The van der Waals surface area contributed by atoms with Gasteiger partial charge in [0.1, 0.15) is 0 Å². The van der Waals surface area contributed by atoms with Gasteiger partial charge in [-0.1, -0.05) is 26.7 Å². The van der Waals surface area contributed by atoms with Gasteiger partial charge in [-0.3, -0.25) is 0 Å². The summed E-state index contributed by atoms with van der Waals surface area (Å²) in [6.45, 7) is 6.80. The van der Waals surface area contributed by atoms with Crippen LogP contribution in [0.4, 0.5) is 0 Å². The predicted molar refractivity (Wildman–Crippen MR) is 54.7 cm³/mol. The first-order valence-electron chi connectivity index (χ1n) is 5.81. The zero-order valence-electron chi connectivity index (χ0n) is 9.01. The van der Waals surface area contributed by atoms with Crippen molar-refractivity contribution >= 4 is 0 Å². The summed E-state index contributed by atoms with van der Waals surface area (Å²) in [5.74, 6) is 1.77. The smallest absolute Gasteiger partial charge is 0.0496 e. The fourth-order valence-electron chi connectivity index (χ4n) is 3.04. The van der Waals surface area contributed by atoms with Crippen LogP contribution in [0.5, 0.6) is 0 Å². The Kier molecular flexibility index (Phi) is 2.64. The van der Waals surface area contributed by atoms with E-state index in [1.54, 1.807) is 0 Å². The van der Waals surface area contributed by atoms with E-state index in [0.29, 0.717) is 5.41 Å². The Hall–Kier alpha value is -0.0400. The first-order valence-corrected chi connectivity index (χ1v) is 5.81. The summed E-state index contributed by atoms with van der Waals surface area (Å²) in [6, 6.07) is 0. The molecule has 0 aromatic heterocycles. The van der Waals surface area contributed by atoms with Crippen LogP contribution in [0, 0.1) is 17.3 Å². The molecule has 0 radical (unpaired) electrons. The summed E-state index contributed by atoms with van der Waals surface area (Å²) in [5, 5.41) is 0. The summed E-state index contributed by atoms with van der Waals surface area (Å²) < 4.78 is 5.54. The highest BCUT2D eigenvalue weighted by Gasteiger charge is 2.40. The van der Waals surface area contributed by atoms with Crippen molar-refractivity contribution in [2.75, 3.05) is 13.2 Å². The van der Waals surface area contributed by atoms with E-state index in [1.165, 1.54) is 32.1 Å². The van der Waals surface area contributed by atoms with E-state index in [2.05, 4.69) is 13.8 Å². The zero-order valence-corrected chi connectivity index (χ0v) is 9.01. The van der Waals surface area contributed by atoms with E-state index in [4.69, 9.17) is 4.74 Å². The quantitative estimate of drug-likeness (QED) is 0.559. The van der Waals surface area contributed by atoms with Crippen LogP contribution in [0.15, 0.2) is 0 Å². The summed E-state index contributed by atoms with van der Waals surface area (Å²) in [4.78, 5) is 0. The highest BCUT2D eigenvalue weighted by molar-refractivity contribution is 4.90. The molecule has 2 rings (SSSR count). The number of ether oxygens (including phenoxy) is 1. The summed E-state index contributed by atoms with van der Waals surface area (Å²) in [5.41, 5.74) is 0.671. The third kappa shape index (κ3) is 1.76. The lowest BCUT2D eigenvalue weighted by atomic mass is 9.62. The summed E-state index contributed by atoms with van der Waals surface area (Å²) in [6.07, 6.45) is 7.13. The van der Waals surface area contributed by atoms with Gasteiger partial charge in [0.2, 0.25) is 0 Å². The normalized spacial score (nSPS) is 46.6. The maximum absolute atomic E-state index is 5.54. The zero-order chi connectivity index (χ0) is 9.31. The fraction of sp³-hybridized carbons (Fsp3) is 1.00. The number of rotatable bonds is 0. The third-order valence-electron chi connectivity index (χ3n) is 4.43.